The summed E-state index contributed by atoms with van der Waals surface area (Å²) in [5.74, 6) is -0.994. The Morgan fingerprint density at radius 3 is 2.71 bits per heavy atom. The number of nitrogens with one attached hydrogen (secondary N) is 1. The lowest BCUT2D eigenvalue weighted by Crippen LogP contribution is -2.16. The molecule has 4 aromatic rings. The first-order chi connectivity index (χ1) is 18.5. The Kier molecular flexibility index (Phi) is 7.64. The van der Waals surface area contributed by atoms with Crippen LogP contribution in [-0.4, -0.2) is 23.1 Å². The molecule has 0 aliphatic heterocycles. The van der Waals surface area contributed by atoms with Crippen LogP contribution in [0.25, 0.3) is 17.0 Å². The first kappa shape index (κ1) is 25.8. The van der Waals surface area contributed by atoms with E-state index in [1.165, 1.54) is 11.3 Å². The fourth-order valence-corrected chi connectivity index (χ4v) is 6.35. The summed E-state index contributed by atoms with van der Waals surface area (Å²) in [6.07, 6.45) is 7.20. The molecule has 0 atom stereocenters. The number of aryl methyl sites for hydroxylation is 1. The Morgan fingerprint density at radius 2 is 1.92 bits per heavy atom. The van der Waals surface area contributed by atoms with E-state index in [0.717, 1.165) is 58.2 Å². The molecular weight excluding hydrogens is 518 g/mol. The molecular formula is C30H26ClN3O3S. The molecule has 6 nitrogen and oxygen atoms in total. The number of hydrogen-bond donors (Lipinski definition) is 1. The molecule has 1 N–H and O–H groups in total. The molecule has 0 bridgehead atoms. The minimum atomic E-state index is -0.556. The van der Waals surface area contributed by atoms with Gasteiger partial charge in [0.25, 0.3) is 5.91 Å². The third-order valence-electron chi connectivity index (χ3n) is 6.66. The number of thiophene rings is 1. The molecule has 0 unspecified atom stereocenters. The summed E-state index contributed by atoms with van der Waals surface area (Å²) < 4.78 is 7.35. The molecule has 2 aromatic heterocycles. The van der Waals surface area contributed by atoms with Crippen molar-refractivity contribution < 1.29 is 14.3 Å². The summed E-state index contributed by atoms with van der Waals surface area (Å²) in [6, 6.07) is 17.5. The van der Waals surface area contributed by atoms with Crippen molar-refractivity contribution in [2.75, 3.05) is 11.9 Å². The van der Waals surface area contributed by atoms with E-state index in [9.17, 15) is 14.9 Å². The number of benzene rings is 2. The van der Waals surface area contributed by atoms with E-state index < -0.39 is 11.9 Å². The summed E-state index contributed by atoms with van der Waals surface area (Å²) in [4.78, 5) is 27.2. The maximum atomic E-state index is 13.3. The summed E-state index contributed by atoms with van der Waals surface area (Å²) in [5.41, 5.74) is 4.01. The lowest BCUT2D eigenvalue weighted by Gasteiger charge is -2.12. The number of hydrogen-bond acceptors (Lipinski definition) is 5. The van der Waals surface area contributed by atoms with Gasteiger partial charge in [0.15, 0.2) is 0 Å². The van der Waals surface area contributed by atoms with Crippen LogP contribution in [0.15, 0.2) is 60.3 Å². The van der Waals surface area contributed by atoms with Gasteiger partial charge in [-0.1, -0.05) is 48.0 Å². The number of anilines is 1. The Hall–Kier alpha value is -3.86. The fourth-order valence-electron chi connectivity index (χ4n) is 4.88. The van der Waals surface area contributed by atoms with Crippen molar-refractivity contribution in [1.82, 2.24) is 4.57 Å². The molecule has 1 amide bonds. The van der Waals surface area contributed by atoms with Crippen LogP contribution in [0.2, 0.25) is 5.02 Å². The lowest BCUT2D eigenvalue weighted by molar-refractivity contribution is -0.112. The molecule has 0 spiro atoms. The van der Waals surface area contributed by atoms with Crippen molar-refractivity contribution in [3.63, 3.8) is 0 Å². The molecule has 0 fully saturated rings. The highest BCUT2D eigenvalue weighted by molar-refractivity contribution is 7.17. The van der Waals surface area contributed by atoms with E-state index in [0.29, 0.717) is 22.1 Å². The van der Waals surface area contributed by atoms with Gasteiger partial charge in [0.2, 0.25) is 0 Å². The Morgan fingerprint density at radius 1 is 1.16 bits per heavy atom. The highest BCUT2D eigenvalue weighted by Gasteiger charge is 2.28. The molecule has 192 valence electrons. The van der Waals surface area contributed by atoms with Crippen LogP contribution >= 0.6 is 22.9 Å². The number of halogens is 1. The van der Waals surface area contributed by atoms with Crippen molar-refractivity contribution in [3.05, 3.63) is 92.5 Å². The minimum Gasteiger partial charge on any atom is -0.462 e. The van der Waals surface area contributed by atoms with Crippen molar-refractivity contribution in [2.24, 2.45) is 0 Å². The van der Waals surface area contributed by atoms with Gasteiger partial charge in [-0.3, -0.25) is 4.79 Å². The van der Waals surface area contributed by atoms with Crippen molar-refractivity contribution in [2.45, 2.75) is 39.2 Å². The van der Waals surface area contributed by atoms with Gasteiger partial charge in [0.1, 0.15) is 16.6 Å². The first-order valence-corrected chi connectivity index (χ1v) is 13.8. The highest BCUT2D eigenvalue weighted by atomic mass is 35.5. The zero-order chi connectivity index (χ0) is 26.6. The number of amides is 1. The van der Waals surface area contributed by atoms with Crippen molar-refractivity contribution in [1.29, 1.82) is 5.26 Å². The monoisotopic (exact) mass is 543 g/mol. The van der Waals surface area contributed by atoms with Crippen molar-refractivity contribution >= 4 is 56.8 Å². The summed E-state index contributed by atoms with van der Waals surface area (Å²) >= 11 is 7.80. The Balaban J connectivity index is 1.48. The first-order valence-electron chi connectivity index (χ1n) is 12.6. The highest BCUT2D eigenvalue weighted by Crippen LogP contribution is 2.39. The van der Waals surface area contributed by atoms with Crippen LogP contribution in [0, 0.1) is 11.3 Å². The molecule has 5 rings (SSSR count). The average Bonchev–Trinajstić information content (AvgIpc) is 3.46. The predicted octanol–water partition coefficient (Wildman–Crippen LogP) is 7.01. The number of nitrogens with zero attached hydrogens (tertiary/aromatic N) is 2. The Bertz CT molecular complexity index is 1610. The largest absolute Gasteiger partial charge is 0.462 e. The van der Waals surface area contributed by atoms with Gasteiger partial charge in [-0.2, -0.15) is 5.26 Å². The molecule has 0 radical (unpaired) electrons. The number of rotatable bonds is 7. The molecule has 38 heavy (non-hydrogen) atoms. The van der Waals surface area contributed by atoms with Crippen LogP contribution < -0.4 is 5.32 Å². The summed E-state index contributed by atoms with van der Waals surface area (Å²) in [6.45, 7) is 2.55. The summed E-state index contributed by atoms with van der Waals surface area (Å²) in [5, 5.41) is 14.8. The van der Waals surface area contributed by atoms with Gasteiger partial charge in [0, 0.05) is 39.1 Å². The number of ether oxygens (including phenoxy) is 1. The standard InChI is InChI=1S/C30H26ClN3O3S/c1-2-37-30(36)27-23-11-5-8-14-26(23)38-29(27)33-28(35)20(16-32)15-21-18-34(25-13-7-4-10-22(21)25)17-19-9-3-6-12-24(19)31/h3-4,6-7,9-10,12-13,15,18H,2,5,8,11,14,17H2,1H3,(H,33,35)/b20-15+. The van der Waals surface area contributed by atoms with Crippen LogP contribution in [0.1, 0.15) is 51.7 Å². The van der Waals surface area contributed by atoms with E-state index in [4.69, 9.17) is 16.3 Å². The SMILES string of the molecule is CCOC(=O)c1c(NC(=O)/C(C#N)=C/c2cn(Cc3ccccc3Cl)c3ccccc23)sc2c1CCCC2. The molecule has 0 saturated heterocycles. The smallest absolute Gasteiger partial charge is 0.341 e. The van der Waals surface area contributed by atoms with Gasteiger partial charge >= 0.3 is 5.97 Å². The van der Waals surface area contributed by atoms with E-state index >= 15 is 0 Å². The average molecular weight is 544 g/mol. The van der Waals surface area contributed by atoms with Crippen LogP contribution in [-0.2, 0) is 28.9 Å². The van der Waals surface area contributed by atoms with Gasteiger partial charge in [-0.05, 0) is 61.9 Å². The number of carbonyl (C=O) groups is 2. The van der Waals surface area contributed by atoms with E-state index in [-0.39, 0.29) is 12.2 Å². The zero-order valence-electron chi connectivity index (χ0n) is 20.9. The van der Waals surface area contributed by atoms with Gasteiger partial charge in [0.05, 0.1) is 12.2 Å². The third-order valence-corrected chi connectivity index (χ3v) is 8.24. The second-order valence-electron chi connectivity index (χ2n) is 9.08. The number of esters is 1. The van der Waals surface area contributed by atoms with E-state index in [1.807, 2.05) is 60.8 Å². The van der Waals surface area contributed by atoms with E-state index in [1.54, 1.807) is 13.0 Å². The number of para-hydroxylation sites is 1. The molecule has 1 aliphatic rings. The topological polar surface area (TPSA) is 84.1 Å². The fraction of sp³-hybridized carbons (Fsp3) is 0.233. The van der Waals surface area contributed by atoms with Gasteiger partial charge < -0.3 is 14.6 Å². The zero-order valence-corrected chi connectivity index (χ0v) is 22.5. The third kappa shape index (κ3) is 5.10. The molecule has 1 aliphatic carbocycles. The quantitative estimate of drug-likeness (QED) is 0.154. The molecule has 8 heteroatoms. The van der Waals surface area contributed by atoms with Gasteiger partial charge in [-0.25, -0.2) is 4.79 Å². The molecule has 0 saturated carbocycles. The molecule has 2 aromatic carbocycles. The summed E-state index contributed by atoms with van der Waals surface area (Å²) in [7, 11) is 0. The number of carbonyl (C=O) groups excluding carboxylic acids is 2. The number of fused-ring (bicyclic) bond motifs is 2. The Labute approximate surface area is 230 Å². The van der Waals surface area contributed by atoms with Crippen LogP contribution in [0.3, 0.4) is 0 Å². The van der Waals surface area contributed by atoms with E-state index in [2.05, 4.69) is 9.88 Å². The number of aromatic nitrogens is 1. The normalized spacial score (nSPS) is 13.1. The minimum absolute atomic E-state index is 0.0492. The maximum Gasteiger partial charge on any atom is 0.341 e. The molecule has 2 heterocycles. The maximum absolute atomic E-state index is 13.3. The second-order valence-corrected chi connectivity index (χ2v) is 10.6. The van der Waals surface area contributed by atoms with Crippen LogP contribution in [0.5, 0.6) is 0 Å². The second kappa shape index (κ2) is 11.3. The predicted molar refractivity (Wildman–Crippen MR) is 152 cm³/mol. The van der Waals surface area contributed by atoms with Crippen molar-refractivity contribution in [3.8, 4) is 6.07 Å². The lowest BCUT2D eigenvalue weighted by atomic mass is 9.95. The van der Waals surface area contributed by atoms with Gasteiger partial charge in [-0.15, -0.1) is 11.3 Å². The van der Waals surface area contributed by atoms with Crippen LogP contribution in [0.4, 0.5) is 5.00 Å². The number of nitriles is 1.